The molecule has 4 nitrogen and oxygen atoms in total. The van der Waals surface area contributed by atoms with Crippen LogP contribution in [0.25, 0.3) is 10.8 Å². The summed E-state index contributed by atoms with van der Waals surface area (Å²) in [6.45, 7) is 2.06. The van der Waals surface area contributed by atoms with E-state index in [9.17, 15) is 4.79 Å². The standard InChI is InChI=1S/C23H24N2O2/c1-2-3-15-21(19-11-5-4-6-12-19)24-25-23(26)17-27-22-16-9-13-18-10-7-8-14-20(18)22/h4-14,16H,2-3,15,17H2,1H3,(H,25,26)/b24-21-. The van der Waals surface area contributed by atoms with Crippen LogP contribution >= 0.6 is 0 Å². The predicted octanol–water partition coefficient (Wildman–Crippen LogP) is 4.93. The highest BCUT2D eigenvalue weighted by atomic mass is 16.5. The largest absolute Gasteiger partial charge is 0.483 e. The molecular formula is C23H24N2O2. The first kappa shape index (κ1) is 18.6. The number of unbranched alkanes of at least 4 members (excludes halogenated alkanes) is 1. The van der Waals surface area contributed by atoms with Crippen molar-refractivity contribution < 1.29 is 9.53 Å². The van der Waals surface area contributed by atoms with Crippen molar-refractivity contribution in [3.05, 3.63) is 78.4 Å². The molecule has 0 unspecified atom stereocenters. The number of fused-ring (bicyclic) bond motifs is 1. The van der Waals surface area contributed by atoms with Crippen molar-refractivity contribution in [1.82, 2.24) is 5.43 Å². The van der Waals surface area contributed by atoms with Crippen LogP contribution in [-0.4, -0.2) is 18.2 Å². The number of carbonyl (C=O) groups is 1. The molecule has 0 aromatic heterocycles. The monoisotopic (exact) mass is 360 g/mol. The fourth-order valence-corrected chi connectivity index (χ4v) is 2.87. The SMILES string of the molecule is CCCC/C(=N/NC(=O)COc1cccc2ccccc12)c1ccccc1. The first-order chi connectivity index (χ1) is 13.3. The van der Waals surface area contributed by atoms with Gasteiger partial charge in [-0.05, 0) is 29.9 Å². The summed E-state index contributed by atoms with van der Waals surface area (Å²) in [6.07, 6.45) is 2.92. The highest BCUT2D eigenvalue weighted by Crippen LogP contribution is 2.24. The minimum absolute atomic E-state index is 0.0760. The van der Waals surface area contributed by atoms with Crippen LogP contribution in [0.15, 0.2) is 77.9 Å². The molecule has 0 spiro atoms. The molecule has 0 saturated carbocycles. The molecular weight excluding hydrogens is 336 g/mol. The number of hydrazone groups is 1. The van der Waals surface area contributed by atoms with Gasteiger partial charge in [-0.2, -0.15) is 5.10 Å². The topological polar surface area (TPSA) is 50.7 Å². The molecule has 4 heteroatoms. The molecule has 0 heterocycles. The van der Waals surface area contributed by atoms with Gasteiger partial charge in [-0.25, -0.2) is 5.43 Å². The van der Waals surface area contributed by atoms with Crippen LogP contribution < -0.4 is 10.2 Å². The van der Waals surface area contributed by atoms with Crippen molar-refractivity contribution >= 4 is 22.4 Å². The van der Waals surface area contributed by atoms with E-state index in [4.69, 9.17) is 4.74 Å². The Hall–Kier alpha value is -3.14. The maximum absolute atomic E-state index is 12.2. The predicted molar refractivity (Wildman–Crippen MR) is 110 cm³/mol. The van der Waals surface area contributed by atoms with E-state index in [1.54, 1.807) is 0 Å². The molecule has 0 aliphatic heterocycles. The van der Waals surface area contributed by atoms with Crippen LogP contribution in [0.4, 0.5) is 0 Å². The summed E-state index contributed by atoms with van der Waals surface area (Å²) in [5.41, 5.74) is 4.55. The highest BCUT2D eigenvalue weighted by molar-refractivity contribution is 6.01. The Kier molecular flexibility index (Phi) is 6.58. The summed E-state index contributed by atoms with van der Waals surface area (Å²) in [6, 6.07) is 23.7. The zero-order valence-corrected chi connectivity index (χ0v) is 15.5. The number of ether oxygens (including phenoxy) is 1. The van der Waals surface area contributed by atoms with E-state index in [1.807, 2.05) is 72.8 Å². The van der Waals surface area contributed by atoms with Crippen molar-refractivity contribution in [3.63, 3.8) is 0 Å². The second-order valence-electron chi connectivity index (χ2n) is 6.33. The number of benzene rings is 3. The van der Waals surface area contributed by atoms with Crippen LogP contribution in [0.3, 0.4) is 0 Å². The molecule has 0 aliphatic rings. The van der Waals surface area contributed by atoms with Gasteiger partial charge in [-0.1, -0.05) is 80.1 Å². The highest BCUT2D eigenvalue weighted by Gasteiger charge is 2.07. The van der Waals surface area contributed by atoms with Gasteiger partial charge in [-0.15, -0.1) is 0 Å². The van der Waals surface area contributed by atoms with Gasteiger partial charge in [0.25, 0.3) is 5.91 Å². The number of carbonyl (C=O) groups excluding carboxylic acids is 1. The summed E-state index contributed by atoms with van der Waals surface area (Å²) in [7, 11) is 0. The quantitative estimate of drug-likeness (QED) is 0.457. The summed E-state index contributed by atoms with van der Waals surface area (Å²) < 4.78 is 5.72. The van der Waals surface area contributed by atoms with Crippen LogP contribution in [-0.2, 0) is 4.79 Å². The molecule has 0 saturated heterocycles. The Bertz CT molecular complexity index is 915. The lowest BCUT2D eigenvalue weighted by atomic mass is 10.1. The second kappa shape index (κ2) is 9.53. The molecule has 0 bridgehead atoms. The first-order valence-corrected chi connectivity index (χ1v) is 9.29. The fraction of sp³-hybridized carbons (Fsp3) is 0.217. The van der Waals surface area contributed by atoms with Crippen LogP contribution in [0.2, 0.25) is 0 Å². The average Bonchev–Trinajstić information content (AvgIpc) is 2.73. The Labute approximate surface area is 159 Å². The van der Waals surface area contributed by atoms with Crippen molar-refractivity contribution in [3.8, 4) is 5.75 Å². The minimum Gasteiger partial charge on any atom is -0.483 e. The van der Waals surface area contributed by atoms with Gasteiger partial charge in [0, 0.05) is 5.39 Å². The number of hydrogen-bond donors (Lipinski definition) is 1. The van der Waals surface area contributed by atoms with E-state index in [1.165, 1.54) is 0 Å². The first-order valence-electron chi connectivity index (χ1n) is 9.29. The molecule has 138 valence electrons. The van der Waals surface area contributed by atoms with Gasteiger partial charge in [0.05, 0.1) is 5.71 Å². The lowest BCUT2D eigenvalue weighted by Gasteiger charge is -2.10. The smallest absolute Gasteiger partial charge is 0.277 e. The van der Waals surface area contributed by atoms with Crippen LogP contribution in [0.5, 0.6) is 5.75 Å². The Morgan fingerprint density at radius 2 is 1.70 bits per heavy atom. The summed E-state index contributed by atoms with van der Waals surface area (Å²) in [4.78, 5) is 12.2. The Balaban J connectivity index is 1.64. The molecule has 3 aromatic carbocycles. The maximum atomic E-state index is 12.2. The van der Waals surface area contributed by atoms with Crippen LogP contribution in [0, 0.1) is 0 Å². The van der Waals surface area contributed by atoms with Gasteiger partial charge in [-0.3, -0.25) is 4.79 Å². The van der Waals surface area contributed by atoms with E-state index < -0.39 is 0 Å². The summed E-state index contributed by atoms with van der Waals surface area (Å²) in [5.74, 6) is 0.425. The van der Waals surface area contributed by atoms with Crippen LogP contribution in [0.1, 0.15) is 31.7 Å². The molecule has 1 N–H and O–H groups in total. The minimum atomic E-state index is -0.270. The maximum Gasteiger partial charge on any atom is 0.277 e. The summed E-state index contributed by atoms with van der Waals surface area (Å²) >= 11 is 0. The molecule has 0 atom stereocenters. The average molecular weight is 360 g/mol. The normalized spacial score (nSPS) is 11.4. The molecule has 0 radical (unpaired) electrons. The zero-order valence-electron chi connectivity index (χ0n) is 15.5. The molecule has 0 fully saturated rings. The number of amides is 1. The third kappa shape index (κ3) is 5.17. The third-order valence-electron chi connectivity index (χ3n) is 4.30. The van der Waals surface area contributed by atoms with Crippen molar-refractivity contribution in [1.29, 1.82) is 0 Å². The van der Waals surface area contributed by atoms with Gasteiger partial charge in [0.15, 0.2) is 6.61 Å². The Morgan fingerprint density at radius 3 is 2.52 bits per heavy atom. The number of nitrogens with zero attached hydrogens (tertiary/aromatic N) is 1. The van der Waals surface area contributed by atoms with Crippen molar-refractivity contribution in [2.75, 3.05) is 6.61 Å². The Morgan fingerprint density at radius 1 is 0.963 bits per heavy atom. The van der Waals surface area contributed by atoms with Gasteiger partial charge in [0.1, 0.15) is 5.75 Å². The number of rotatable bonds is 8. The molecule has 1 amide bonds. The number of nitrogens with one attached hydrogen (secondary N) is 1. The lowest BCUT2D eigenvalue weighted by Crippen LogP contribution is -2.26. The van der Waals surface area contributed by atoms with Gasteiger partial charge in [0.2, 0.25) is 0 Å². The van der Waals surface area contributed by atoms with Crippen molar-refractivity contribution in [2.45, 2.75) is 26.2 Å². The third-order valence-corrected chi connectivity index (χ3v) is 4.30. The summed E-state index contributed by atoms with van der Waals surface area (Å²) in [5, 5.41) is 6.42. The lowest BCUT2D eigenvalue weighted by molar-refractivity contribution is -0.123. The zero-order chi connectivity index (χ0) is 18.9. The van der Waals surface area contributed by atoms with Gasteiger partial charge < -0.3 is 4.74 Å². The van der Waals surface area contributed by atoms with E-state index >= 15 is 0 Å². The molecule has 27 heavy (non-hydrogen) atoms. The van der Waals surface area contributed by atoms with E-state index in [-0.39, 0.29) is 12.5 Å². The number of hydrogen-bond acceptors (Lipinski definition) is 3. The van der Waals surface area contributed by atoms with E-state index in [0.29, 0.717) is 5.75 Å². The molecule has 3 aromatic rings. The molecule has 3 rings (SSSR count). The van der Waals surface area contributed by atoms with E-state index in [0.717, 1.165) is 41.3 Å². The van der Waals surface area contributed by atoms with E-state index in [2.05, 4.69) is 17.5 Å². The fourth-order valence-electron chi connectivity index (χ4n) is 2.87. The second-order valence-corrected chi connectivity index (χ2v) is 6.33. The van der Waals surface area contributed by atoms with Crippen molar-refractivity contribution in [2.24, 2.45) is 5.10 Å². The van der Waals surface area contributed by atoms with Gasteiger partial charge >= 0.3 is 0 Å². The molecule has 0 aliphatic carbocycles.